The van der Waals surface area contributed by atoms with E-state index in [0.717, 1.165) is 12.1 Å². The van der Waals surface area contributed by atoms with Gasteiger partial charge in [-0.1, -0.05) is 0 Å². The van der Waals surface area contributed by atoms with E-state index in [1.165, 1.54) is 0 Å². The summed E-state index contributed by atoms with van der Waals surface area (Å²) in [5, 5.41) is 0. The van der Waals surface area contributed by atoms with Crippen LogP contribution in [0.15, 0.2) is 18.2 Å². The summed E-state index contributed by atoms with van der Waals surface area (Å²) in [6.07, 6.45) is -4.53. The Morgan fingerprint density at radius 3 is 2.33 bits per heavy atom. The van der Waals surface area contributed by atoms with Crippen LogP contribution in [0, 0.1) is 5.82 Å². The van der Waals surface area contributed by atoms with Crippen molar-refractivity contribution >= 4 is 0 Å². The van der Waals surface area contributed by atoms with Crippen molar-refractivity contribution in [3.05, 3.63) is 35.1 Å². The molecule has 0 aliphatic carbocycles. The van der Waals surface area contributed by atoms with Crippen molar-refractivity contribution < 1.29 is 22.3 Å². The Kier molecular flexibility index (Phi) is 2.05. The average molecular weight is 220 g/mol. The maximum Gasteiger partial charge on any atom is 0.416 e. The quantitative estimate of drug-likeness (QED) is 0.523. The molecule has 1 nitrogen and oxygen atoms in total. The Labute approximate surface area is 83.7 Å². The third-order valence-corrected chi connectivity index (χ3v) is 2.41. The van der Waals surface area contributed by atoms with Crippen LogP contribution in [-0.4, -0.2) is 6.61 Å². The zero-order valence-electron chi connectivity index (χ0n) is 7.86. The van der Waals surface area contributed by atoms with Crippen LogP contribution < -0.4 is 0 Å². The lowest BCUT2D eigenvalue weighted by molar-refractivity contribution is -0.137. The van der Waals surface area contributed by atoms with E-state index >= 15 is 0 Å². The number of alkyl halides is 3. The van der Waals surface area contributed by atoms with Crippen LogP contribution in [0.5, 0.6) is 0 Å². The third kappa shape index (κ3) is 1.97. The maximum atomic E-state index is 13.0. The molecule has 1 heterocycles. The smallest absolute Gasteiger partial charge is 0.365 e. The van der Waals surface area contributed by atoms with Crippen molar-refractivity contribution in [3.8, 4) is 0 Å². The molecule has 1 unspecified atom stereocenters. The molecule has 0 N–H and O–H groups in total. The Balaban J connectivity index is 2.46. The summed E-state index contributed by atoms with van der Waals surface area (Å²) >= 11 is 0. The van der Waals surface area contributed by atoms with Gasteiger partial charge in [0.05, 0.1) is 12.2 Å². The van der Waals surface area contributed by atoms with Gasteiger partial charge in [0.1, 0.15) is 11.4 Å². The first-order valence-corrected chi connectivity index (χ1v) is 4.33. The molecule has 82 valence electrons. The largest absolute Gasteiger partial charge is 0.416 e. The van der Waals surface area contributed by atoms with Crippen LogP contribution in [0.2, 0.25) is 0 Å². The summed E-state index contributed by atoms with van der Waals surface area (Å²) in [6, 6.07) is 2.48. The summed E-state index contributed by atoms with van der Waals surface area (Å²) in [6.45, 7) is 1.95. The van der Waals surface area contributed by atoms with E-state index in [-0.39, 0.29) is 5.56 Å². The minimum absolute atomic E-state index is 0.231. The van der Waals surface area contributed by atoms with Crippen molar-refractivity contribution in [2.45, 2.75) is 18.7 Å². The second-order valence-corrected chi connectivity index (χ2v) is 3.75. The topological polar surface area (TPSA) is 12.5 Å². The molecular weight excluding hydrogens is 212 g/mol. The van der Waals surface area contributed by atoms with Crippen molar-refractivity contribution in [3.63, 3.8) is 0 Å². The van der Waals surface area contributed by atoms with Crippen LogP contribution in [0.25, 0.3) is 0 Å². The standard InChI is InChI=1S/C10H8F4O/c1-9(5-15-9)6-2-7(10(12,13)14)4-8(11)3-6/h2-4H,5H2,1H3. The lowest BCUT2D eigenvalue weighted by atomic mass is 9.99. The molecule has 0 spiro atoms. The molecule has 15 heavy (non-hydrogen) atoms. The number of benzene rings is 1. The molecule has 0 radical (unpaired) electrons. The van der Waals surface area contributed by atoms with Crippen LogP contribution >= 0.6 is 0 Å². The van der Waals surface area contributed by atoms with Gasteiger partial charge < -0.3 is 4.74 Å². The second-order valence-electron chi connectivity index (χ2n) is 3.75. The van der Waals surface area contributed by atoms with Crippen LogP contribution in [0.4, 0.5) is 17.6 Å². The van der Waals surface area contributed by atoms with E-state index in [1.807, 2.05) is 0 Å². The van der Waals surface area contributed by atoms with E-state index in [0.29, 0.717) is 12.7 Å². The number of rotatable bonds is 1. The van der Waals surface area contributed by atoms with Crippen LogP contribution in [0.3, 0.4) is 0 Å². The highest BCUT2D eigenvalue weighted by Gasteiger charge is 2.43. The zero-order chi connectivity index (χ0) is 11.3. The fourth-order valence-corrected chi connectivity index (χ4v) is 1.33. The molecule has 0 amide bonds. The van der Waals surface area contributed by atoms with Crippen LogP contribution in [-0.2, 0) is 16.5 Å². The third-order valence-electron chi connectivity index (χ3n) is 2.41. The molecular formula is C10H8F4O. The van der Waals surface area contributed by atoms with E-state index in [9.17, 15) is 17.6 Å². The average Bonchev–Trinajstić information content (AvgIpc) is 2.82. The summed E-state index contributed by atoms with van der Waals surface area (Å²) in [4.78, 5) is 0. The highest BCUT2D eigenvalue weighted by Crippen LogP contribution is 2.40. The van der Waals surface area contributed by atoms with E-state index in [4.69, 9.17) is 4.74 Å². The second kappa shape index (κ2) is 2.95. The van der Waals surface area contributed by atoms with Gasteiger partial charge in [-0.05, 0) is 30.7 Å². The number of ether oxygens (including phenoxy) is 1. The van der Waals surface area contributed by atoms with Crippen LogP contribution in [0.1, 0.15) is 18.1 Å². The van der Waals surface area contributed by atoms with Gasteiger partial charge in [0.25, 0.3) is 0 Å². The predicted octanol–water partition coefficient (Wildman–Crippen LogP) is 3.09. The predicted molar refractivity (Wildman–Crippen MR) is 44.7 cm³/mol. The molecule has 1 aliphatic rings. The molecule has 2 rings (SSSR count). The van der Waals surface area contributed by atoms with Gasteiger partial charge >= 0.3 is 6.18 Å². The fraction of sp³-hybridized carbons (Fsp3) is 0.400. The van der Waals surface area contributed by atoms with Gasteiger partial charge in [-0.15, -0.1) is 0 Å². The van der Waals surface area contributed by atoms with Gasteiger partial charge in [0.2, 0.25) is 0 Å². The SMILES string of the molecule is CC1(c2cc(F)cc(C(F)(F)F)c2)CO1. The van der Waals surface area contributed by atoms with Gasteiger partial charge in [-0.25, -0.2) is 4.39 Å². The highest BCUT2D eigenvalue weighted by atomic mass is 19.4. The molecule has 1 saturated heterocycles. The van der Waals surface area contributed by atoms with Crippen molar-refractivity contribution in [1.82, 2.24) is 0 Å². The summed E-state index contributed by atoms with van der Waals surface area (Å²) in [5.41, 5.74) is -1.49. The van der Waals surface area contributed by atoms with Gasteiger partial charge in [0.15, 0.2) is 0 Å². The normalized spacial score (nSPS) is 25.4. The number of halogens is 4. The number of hydrogen-bond acceptors (Lipinski definition) is 1. The van der Waals surface area contributed by atoms with Gasteiger partial charge in [-0.2, -0.15) is 13.2 Å². The summed E-state index contributed by atoms with van der Waals surface area (Å²) < 4.78 is 55.0. The lowest BCUT2D eigenvalue weighted by Crippen LogP contribution is -2.10. The maximum absolute atomic E-state index is 13.0. The monoisotopic (exact) mass is 220 g/mol. The molecule has 0 aromatic heterocycles. The first-order chi connectivity index (χ1) is 6.81. The highest BCUT2D eigenvalue weighted by molar-refractivity contribution is 5.32. The van der Waals surface area contributed by atoms with E-state index in [1.54, 1.807) is 6.92 Å². The first kappa shape index (κ1) is 10.4. The molecule has 5 heteroatoms. The van der Waals surface area contributed by atoms with Crippen molar-refractivity contribution in [2.75, 3.05) is 6.61 Å². The van der Waals surface area contributed by atoms with Gasteiger partial charge in [0, 0.05) is 0 Å². The molecule has 1 aromatic carbocycles. The molecule has 1 aliphatic heterocycles. The Bertz CT molecular complexity index is 369. The Morgan fingerprint density at radius 2 is 1.87 bits per heavy atom. The van der Waals surface area contributed by atoms with Crippen molar-refractivity contribution in [1.29, 1.82) is 0 Å². The minimum atomic E-state index is -4.53. The van der Waals surface area contributed by atoms with Gasteiger partial charge in [-0.3, -0.25) is 0 Å². The Hall–Kier alpha value is -1.10. The lowest BCUT2D eigenvalue weighted by Gasteiger charge is -2.11. The molecule has 0 saturated carbocycles. The van der Waals surface area contributed by atoms with E-state index < -0.39 is 23.2 Å². The molecule has 1 atom stereocenters. The molecule has 1 aromatic rings. The molecule has 0 bridgehead atoms. The van der Waals surface area contributed by atoms with Crippen molar-refractivity contribution in [2.24, 2.45) is 0 Å². The zero-order valence-corrected chi connectivity index (χ0v) is 7.86. The molecule has 1 fully saturated rings. The van der Waals surface area contributed by atoms with E-state index in [2.05, 4.69) is 0 Å². The number of epoxide rings is 1. The first-order valence-electron chi connectivity index (χ1n) is 4.33. The summed E-state index contributed by atoms with van der Waals surface area (Å²) in [7, 11) is 0. The summed E-state index contributed by atoms with van der Waals surface area (Å²) in [5.74, 6) is -0.892. The number of hydrogen-bond donors (Lipinski definition) is 0. The fourth-order valence-electron chi connectivity index (χ4n) is 1.33. The Morgan fingerprint density at radius 1 is 1.27 bits per heavy atom. The minimum Gasteiger partial charge on any atom is -0.365 e.